The van der Waals surface area contributed by atoms with Gasteiger partial charge in [0.1, 0.15) is 0 Å². The Labute approximate surface area is 123 Å². The van der Waals surface area contributed by atoms with Gasteiger partial charge in [0.2, 0.25) is 0 Å². The maximum absolute atomic E-state index is 6.09. The monoisotopic (exact) mass is 384 g/mol. The lowest BCUT2D eigenvalue weighted by atomic mass is 9.80. The average Bonchev–Trinajstić information content (AvgIpc) is 2.70. The first-order valence-electron chi connectivity index (χ1n) is 5.50. The summed E-state index contributed by atoms with van der Waals surface area (Å²) < 4.78 is 1.05. The third kappa shape index (κ3) is 2.52. The van der Waals surface area contributed by atoms with E-state index in [9.17, 15) is 0 Å². The predicted molar refractivity (Wildman–Crippen MR) is 79.8 cm³/mol. The molecule has 0 N–H and O–H groups in total. The van der Waals surface area contributed by atoms with E-state index in [2.05, 4.69) is 51.8 Å². The van der Waals surface area contributed by atoms with Crippen molar-refractivity contribution in [2.45, 2.75) is 37.9 Å². The van der Waals surface area contributed by atoms with Crippen LogP contribution in [-0.4, -0.2) is 0 Å². The van der Waals surface area contributed by atoms with Crippen LogP contribution in [0.3, 0.4) is 0 Å². The molecule has 4 heteroatoms. The smallest absolute Gasteiger partial charge is 0.0887 e. The maximum atomic E-state index is 6.09. The standard InChI is InChI=1S/C12H15Br2ClS/c1-12(2)5-3-4-7(12)10(13)9-6-8(15)11(14)16-9/h6-7,10H,3-5H2,1-2H3. The zero-order valence-electron chi connectivity index (χ0n) is 9.40. The number of hydrogen-bond donors (Lipinski definition) is 0. The van der Waals surface area contributed by atoms with Crippen LogP contribution in [0, 0.1) is 11.3 Å². The second-order valence-corrected chi connectivity index (χ2v) is 8.95. The van der Waals surface area contributed by atoms with Crippen molar-refractivity contribution < 1.29 is 0 Å². The normalized spacial score (nSPS) is 25.9. The molecule has 2 unspecified atom stereocenters. The summed E-state index contributed by atoms with van der Waals surface area (Å²) in [5, 5.41) is 0.834. The van der Waals surface area contributed by atoms with Gasteiger partial charge in [-0.05, 0) is 46.2 Å². The van der Waals surface area contributed by atoms with Gasteiger partial charge in [0, 0.05) is 4.88 Å². The topological polar surface area (TPSA) is 0 Å². The van der Waals surface area contributed by atoms with Gasteiger partial charge in [-0.15, -0.1) is 11.3 Å². The Morgan fingerprint density at radius 2 is 2.25 bits per heavy atom. The molecule has 0 nitrogen and oxygen atoms in total. The van der Waals surface area contributed by atoms with Gasteiger partial charge in [-0.3, -0.25) is 0 Å². The molecular weight excluding hydrogens is 371 g/mol. The zero-order chi connectivity index (χ0) is 11.9. The largest absolute Gasteiger partial charge is 0.130 e. The summed E-state index contributed by atoms with van der Waals surface area (Å²) in [6.45, 7) is 4.76. The van der Waals surface area contributed by atoms with Crippen LogP contribution in [0.2, 0.25) is 5.02 Å². The van der Waals surface area contributed by atoms with Gasteiger partial charge in [-0.2, -0.15) is 0 Å². The number of halogens is 3. The van der Waals surface area contributed by atoms with E-state index < -0.39 is 0 Å². The molecule has 0 aromatic carbocycles. The molecule has 1 aromatic rings. The van der Waals surface area contributed by atoms with Crippen molar-refractivity contribution >= 4 is 54.8 Å². The van der Waals surface area contributed by atoms with Gasteiger partial charge in [0.25, 0.3) is 0 Å². The van der Waals surface area contributed by atoms with Crippen molar-refractivity contribution in [1.82, 2.24) is 0 Å². The number of thiophene rings is 1. The van der Waals surface area contributed by atoms with Crippen LogP contribution >= 0.6 is 54.8 Å². The Bertz CT molecular complexity index is 367. The van der Waals surface area contributed by atoms with E-state index in [-0.39, 0.29) is 0 Å². The highest BCUT2D eigenvalue weighted by molar-refractivity contribution is 9.11. The third-order valence-electron chi connectivity index (χ3n) is 3.63. The number of rotatable bonds is 2. The van der Waals surface area contributed by atoms with Crippen molar-refractivity contribution in [3.63, 3.8) is 0 Å². The minimum atomic E-state index is 0.442. The molecule has 2 atom stereocenters. The Kier molecular flexibility index (Phi) is 4.11. The molecule has 0 bridgehead atoms. The Hall–Kier alpha value is 0.950. The van der Waals surface area contributed by atoms with E-state index in [4.69, 9.17) is 11.6 Å². The minimum Gasteiger partial charge on any atom is -0.130 e. The van der Waals surface area contributed by atoms with Gasteiger partial charge in [0.05, 0.1) is 13.6 Å². The Balaban J connectivity index is 2.22. The van der Waals surface area contributed by atoms with Crippen LogP contribution in [0.1, 0.15) is 42.8 Å². The fraction of sp³-hybridized carbons (Fsp3) is 0.667. The van der Waals surface area contributed by atoms with Gasteiger partial charge in [-0.25, -0.2) is 0 Å². The molecule has 1 aromatic heterocycles. The van der Waals surface area contributed by atoms with Gasteiger partial charge >= 0.3 is 0 Å². The van der Waals surface area contributed by atoms with Gasteiger partial charge in [-0.1, -0.05) is 47.8 Å². The van der Waals surface area contributed by atoms with Crippen molar-refractivity contribution in [3.8, 4) is 0 Å². The van der Waals surface area contributed by atoms with E-state index in [1.807, 2.05) is 0 Å². The van der Waals surface area contributed by atoms with Crippen LogP contribution in [-0.2, 0) is 0 Å². The molecule has 0 spiro atoms. The lowest BCUT2D eigenvalue weighted by Crippen LogP contribution is -2.20. The van der Waals surface area contributed by atoms with Gasteiger partial charge < -0.3 is 0 Å². The highest BCUT2D eigenvalue weighted by atomic mass is 79.9. The molecule has 16 heavy (non-hydrogen) atoms. The molecule has 0 aliphatic heterocycles. The first-order chi connectivity index (χ1) is 7.42. The average molecular weight is 387 g/mol. The van der Waals surface area contributed by atoms with Gasteiger partial charge in [0.15, 0.2) is 0 Å². The molecule has 1 fully saturated rings. The summed E-state index contributed by atoms with van der Waals surface area (Å²) in [6.07, 6.45) is 4.00. The summed E-state index contributed by atoms with van der Waals surface area (Å²) in [4.78, 5) is 1.79. The van der Waals surface area contributed by atoms with E-state index in [0.717, 1.165) is 8.81 Å². The molecule has 0 saturated heterocycles. The highest BCUT2D eigenvalue weighted by Gasteiger charge is 2.39. The lowest BCUT2D eigenvalue weighted by Gasteiger charge is -2.30. The molecule has 90 valence electrons. The highest BCUT2D eigenvalue weighted by Crippen LogP contribution is 2.53. The molecule has 1 heterocycles. The van der Waals surface area contributed by atoms with Crippen LogP contribution in [0.5, 0.6) is 0 Å². The molecule has 1 aliphatic rings. The van der Waals surface area contributed by atoms with Crippen molar-refractivity contribution in [3.05, 3.63) is 19.8 Å². The zero-order valence-corrected chi connectivity index (χ0v) is 14.1. The van der Waals surface area contributed by atoms with Crippen LogP contribution in [0.15, 0.2) is 9.85 Å². The molecule has 0 amide bonds. The lowest BCUT2D eigenvalue weighted by molar-refractivity contribution is 0.258. The first kappa shape index (κ1) is 13.4. The van der Waals surface area contributed by atoms with E-state index in [1.54, 1.807) is 11.3 Å². The summed E-state index contributed by atoms with van der Waals surface area (Å²) in [7, 11) is 0. The minimum absolute atomic E-state index is 0.442. The van der Waals surface area contributed by atoms with Crippen LogP contribution in [0.25, 0.3) is 0 Å². The fourth-order valence-corrected chi connectivity index (χ4v) is 5.78. The van der Waals surface area contributed by atoms with Crippen molar-refractivity contribution in [2.24, 2.45) is 11.3 Å². The molecule has 0 radical (unpaired) electrons. The SMILES string of the molecule is CC1(C)CCCC1C(Br)c1cc(Cl)c(Br)s1. The molecule has 1 aliphatic carbocycles. The van der Waals surface area contributed by atoms with E-state index in [1.165, 1.54) is 24.1 Å². The van der Waals surface area contributed by atoms with E-state index >= 15 is 0 Å². The molecular formula is C12H15Br2ClS. The number of hydrogen-bond acceptors (Lipinski definition) is 1. The fourth-order valence-electron chi connectivity index (χ4n) is 2.59. The summed E-state index contributed by atoms with van der Waals surface area (Å²) in [5.41, 5.74) is 0.442. The molecule has 2 rings (SSSR count). The van der Waals surface area contributed by atoms with Crippen LogP contribution in [0.4, 0.5) is 0 Å². The Morgan fingerprint density at radius 3 is 2.69 bits per heavy atom. The summed E-state index contributed by atoms with van der Waals surface area (Å²) >= 11 is 15.2. The van der Waals surface area contributed by atoms with Crippen LogP contribution < -0.4 is 0 Å². The third-order valence-corrected chi connectivity index (χ3v) is 7.62. The van der Waals surface area contributed by atoms with Crippen molar-refractivity contribution in [1.29, 1.82) is 0 Å². The summed E-state index contributed by atoms with van der Waals surface area (Å²) in [5.74, 6) is 0.717. The predicted octanol–water partition coefficient (Wildman–Crippen LogP) is 6.43. The Morgan fingerprint density at radius 1 is 1.56 bits per heavy atom. The first-order valence-corrected chi connectivity index (χ1v) is 8.41. The molecule has 1 saturated carbocycles. The number of alkyl halides is 1. The second-order valence-electron chi connectivity index (χ2n) is 5.16. The van der Waals surface area contributed by atoms with E-state index in [0.29, 0.717) is 16.2 Å². The second kappa shape index (κ2) is 4.91. The maximum Gasteiger partial charge on any atom is 0.0887 e. The summed E-state index contributed by atoms with van der Waals surface area (Å²) in [6, 6.07) is 2.09. The van der Waals surface area contributed by atoms with Crippen molar-refractivity contribution in [2.75, 3.05) is 0 Å². The quantitative estimate of drug-likeness (QED) is 0.514.